The largest absolute Gasteiger partial charge is 0.507 e. The molecule has 0 aromatic heterocycles. The van der Waals surface area contributed by atoms with Crippen LogP contribution in [0.1, 0.15) is 30.5 Å². The number of ether oxygens (including phenoxy) is 2. The predicted molar refractivity (Wildman–Crippen MR) is 106 cm³/mol. The van der Waals surface area contributed by atoms with Gasteiger partial charge in [-0.1, -0.05) is 25.1 Å². The van der Waals surface area contributed by atoms with E-state index in [2.05, 4.69) is 16.0 Å². The maximum atomic E-state index is 10.2. The number of nitrogens with zero attached hydrogens (tertiary/aromatic N) is 2. The van der Waals surface area contributed by atoms with Crippen LogP contribution in [0, 0.1) is 0 Å². The van der Waals surface area contributed by atoms with E-state index in [1.807, 2.05) is 51.4 Å². The van der Waals surface area contributed by atoms with Gasteiger partial charge in [0.15, 0.2) is 0 Å². The van der Waals surface area contributed by atoms with Crippen LogP contribution in [0.15, 0.2) is 47.5 Å². The van der Waals surface area contributed by atoms with Gasteiger partial charge >= 0.3 is 0 Å². The van der Waals surface area contributed by atoms with Crippen LogP contribution in [0.25, 0.3) is 0 Å². The number of phenols is 1. The van der Waals surface area contributed by atoms with Gasteiger partial charge in [-0.2, -0.15) is 0 Å². The molecular weight excluding hydrogens is 328 g/mol. The monoisotopic (exact) mass is 356 g/mol. The maximum Gasteiger partial charge on any atom is 0.128 e. The molecule has 0 saturated heterocycles. The number of likely N-dealkylation sites (N-methyl/N-ethyl adjacent to an activating group) is 1. The van der Waals surface area contributed by atoms with Gasteiger partial charge in [0.05, 0.1) is 26.3 Å². The van der Waals surface area contributed by atoms with Gasteiger partial charge in [-0.25, -0.2) is 0 Å². The second-order valence-electron chi connectivity index (χ2n) is 6.28. The average molecular weight is 356 g/mol. The molecule has 0 spiro atoms. The van der Waals surface area contributed by atoms with Crippen LogP contribution in [0.2, 0.25) is 0 Å². The first kappa shape index (κ1) is 19.8. The van der Waals surface area contributed by atoms with Crippen LogP contribution in [-0.2, 0) is 0 Å². The highest BCUT2D eigenvalue weighted by Crippen LogP contribution is 2.28. The number of hydrogen-bond acceptors (Lipinski definition) is 5. The van der Waals surface area contributed by atoms with Gasteiger partial charge in [0.25, 0.3) is 0 Å². The number of para-hydroxylation sites is 1. The molecule has 0 radical (unpaired) electrons. The molecule has 140 valence electrons. The summed E-state index contributed by atoms with van der Waals surface area (Å²) in [7, 11) is 5.71. The lowest BCUT2D eigenvalue weighted by atomic mass is 10.0. The van der Waals surface area contributed by atoms with Crippen molar-refractivity contribution in [2.24, 2.45) is 4.99 Å². The molecule has 2 aromatic rings. The summed E-state index contributed by atoms with van der Waals surface area (Å²) in [5, 5.41) is 10.2. The molecule has 0 fully saturated rings. The summed E-state index contributed by atoms with van der Waals surface area (Å²) >= 11 is 0. The average Bonchev–Trinajstić information content (AvgIpc) is 2.64. The van der Waals surface area contributed by atoms with Crippen LogP contribution in [0.3, 0.4) is 0 Å². The van der Waals surface area contributed by atoms with Gasteiger partial charge in [-0.05, 0) is 38.7 Å². The van der Waals surface area contributed by atoms with Crippen molar-refractivity contribution in [1.82, 2.24) is 4.90 Å². The molecule has 2 rings (SSSR count). The summed E-state index contributed by atoms with van der Waals surface area (Å²) < 4.78 is 11.0. The molecule has 1 atom stereocenters. The number of benzene rings is 2. The Bertz CT molecular complexity index is 729. The maximum absolute atomic E-state index is 10.2. The molecular formula is C21H28N2O3. The molecule has 0 aliphatic rings. The van der Waals surface area contributed by atoms with Gasteiger partial charge in [0, 0.05) is 23.4 Å². The molecule has 0 heterocycles. The fourth-order valence-electron chi connectivity index (χ4n) is 2.67. The zero-order valence-electron chi connectivity index (χ0n) is 16.0. The second kappa shape index (κ2) is 9.82. The summed E-state index contributed by atoms with van der Waals surface area (Å²) in [6, 6.07) is 13.3. The van der Waals surface area contributed by atoms with Crippen molar-refractivity contribution in [2.45, 2.75) is 19.4 Å². The van der Waals surface area contributed by atoms with Crippen LogP contribution in [0.5, 0.6) is 17.2 Å². The molecule has 1 N–H and O–H groups in total. The smallest absolute Gasteiger partial charge is 0.128 e. The van der Waals surface area contributed by atoms with Gasteiger partial charge in [0.2, 0.25) is 0 Å². The number of phenolic OH excluding ortho intramolecular Hbond substituents is 1. The summed E-state index contributed by atoms with van der Waals surface area (Å²) in [6.07, 6.45) is 2.63. The van der Waals surface area contributed by atoms with E-state index in [9.17, 15) is 5.11 Å². The normalized spacial score (nSPS) is 12.5. The van der Waals surface area contributed by atoms with Crippen molar-refractivity contribution in [3.8, 4) is 17.2 Å². The summed E-state index contributed by atoms with van der Waals surface area (Å²) in [5.74, 6) is 1.68. The Morgan fingerprint density at radius 2 is 1.96 bits per heavy atom. The molecule has 26 heavy (non-hydrogen) atoms. The minimum Gasteiger partial charge on any atom is -0.507 e. The lowest BCUT2D eigenvalue weighted by molar-refractivity contribution is 0.295. The third-order valence-corrected chi connectivity index (χ3v) is 4.10. The van der Waals surface area contributed by atoms with E-state index in [1.165, 1.54) is 0 Å². The fraction of sp³-hybridized carbons (Fsp3) is 0.381. The minimum absolute atomic E-state index is 0.0803. The first-order valence-electron chi connectivity index (χ1n) is 8.81. The molecule has 5 nitrogen and oxygen atoms in total. The Morgan fingerprint density at radius 3 is 2.62 bits per heavy atom. The fourth-order valence-corrected chi connectivity index (χ4v) is 2.67. The van der Waals surface area contributed by atoms with E-state index in [0.717, 1.165) is 17.7 Å². The number of hydrogen-bond donors (Lipinski definition) is 1. The first-order valence-corrected chi connectivity index (χ1v) is 8.81. The van der Waals surface area contributed by atoms with E-state index < -0.39 is 0 Å². The highest BCUT2D eigenvalue weighted by atomic mass is 16.5. The number of aliphatic imine (C=N–C) groups is 1. The highest BCUT2D eigenvalue weighted by Gasteiger charge is 2.17. The van der Waals surface area contributed by atoms with Crippen LogP contribution in [-0.4, -0.2) is 50.6 Å². The highest BCUT2D eigenvalue weighted by molar-refractivity contribution is 5.83. The molecule has 0 aliphatic carbocycles. The van der Waals surface area contributed by atoms with Crippen molar-refractivity contribution >= 4 is 6.21 Å². The molecule has 0 bridgehead atoms. The lowest BCUT2D eigenvalue weighted by Gasteiger charge is -2.24. The second-order valence-corrected chi connectivity index (χ2v) is 6.28. The van der Waals surface area contributed by atoms with Crippen molar-refractivity contribution in [3.63, 3.8) is 0 Å². The Labute approximate surface area is 155 Å². The van der Waals surface area contributed by atoms with Gasteiger partial charge in [0.1, 0.15) is 17.2 Å². The number of methoxy groups -OCH3 is 1. The summed E-state index contributed by atoms with van der Waals surface area (Å²) in [5.41, 5.74) is 1.76. The van der Waals surface area contributed by atoms with Crippen molar-refractivity contribution in [2.75, 3.05) is 34.4 Å². The third kappa shape index (κ3) is 5.23. The standard InChI is InChI=1S/C21H28N2O3/c1-5-12-26-17-11-10-16(20(24)13-17)14-22-15-19(23(2)3)18-8-6-7-9-21(18)25-4/h6-11,13-14,19,24H,5,12,15H2,1-4H3/t19-/m0/s1. The summed E-state index contributed by atoms with van der Waals surface area (Å²) in [4.78, 5) is 6.65. The molecule has 0 aliphatic heterocycles. The van der Waals surface area contributed by atoms with E-state index in [4.69, 9.17) is 9.47 Å². The third-order valence-electron chi connectivity index (χ3n) is 4.10. The Morgan fingerprint density at radius 1 is 1.19 bits per heavy atom. The first-order chi connectivity index (χ1) is 12.6. The van der Waals surface area contributed by atoms with E-state index >= 15 is 0 Å². The van der Waals surface area contributed by atoms with E-state index in [-0.39, 0.29) is 11.8 Å². The Kier molecular flexibility index (Phi) is 7.48. The zero-order valence-corrected chi connectivity index (χ0v) is 16.0. The summed E-state index contributed by atoms with van der Waals surface area (Å²) in [6.45, 7) is 3.24. The van der Waals surface area contributed by atoms with Crippen molar-refractivity contribution < 1.29 is 14.6 Å². The van der Waals surface area contributed by atoms with Gasteiger partial charge in [-0.3, -0.25) is 4.99 Å². The van der Waals surface area contributed by atoms with Crippen molar-refractivity contribution in [3.05, 3.63) is 53.6 Å². The number of rotatable bonds is 9. The number of aromatic hydroxyl groups is 1. The van der Waals surface area contributed by atoms with Crippen LogP contribution >= 0.6 is 0 Å². The van der Waals surface area contributed by atoms with Crippen molar-refractivity contribution in [1.29, 1.82) is 0 Å². The molecule has 5 heteroatoms. The SMILES string of the molecule is CCCOc1ccc(C=NC[C@@H](c2ccccc2OC)N(C)C)c(O)c1. The Hall–Kier alpha value is -2.53. The predicted octanol–water partition coefficient (Wildman–Crippen LogP) is 3.91. The molecule has 0 unspecified atom stereocenters. The molecule has 0 amide bonds. The van der Waals surface area contributed by atoms with Crippen LogP contribution < -0.4 is 9.47 Å². The van der Waals surface area contributed by atoms with E-state index in [1.54, 1.807) is 19.4 Å². The topological polar surface area (TPSA) is 54.3 Å². The van der Waals surface area contributed by atoms with Gasteiger partial charge < -0.3 is 19.5 Å². The van der Waals surface area contributed by atoms with Gasteiger partial charge in [-0.15, -0.1) is 0 Å². The zero-order chi connectivity index (χ0) is 18.9. The quantitative estimate of drug-likeness (QED) is 0.692. The Balaban J connectivity index is 2.11. The van der Waals surface area contributed by atoms with E-state index in [0.29, 0.717) is 24.5 Å². The molecule has 0 saturated carbocycles. The van der Waals surface area contributed by atoms with Crippen LogP contribution in [0.4, 0.5) is 0 Å². The molecule has 2 aromatic carbocycles. The lowest BCUT2D eigenvalue weighted by Crippen LogP contribution is -2.23. The minimum atomic E-state index is 0.0803.